The molecule has 0 saturated heterocycles. The highest BCUT2D eigenvalue weighted by atomic mass is 28.4. The summed E-state index contributed by atoms with van der Waals surface area (Å²) in [5, 5.41) is 2.78. The summed E-state index contributed by atoms with van der Waals surface area (Å²) >= 11 is 0. The molecule has 0 bridgehead atoms. The molecule has 0 spiro atoms. The van der Waals surface area contributed by atoms with Crippen LogP contribution in [0.15, 0.2) is 103 Å². The Bertz CT molecular complexity index is 907. The van der Waals surface area contributed by atoms with Gasteiger partial charge in [-0.25, -0.2) is 9.59 Å². The Morgan fingerprint density at radius 2 is 1.10 bits per heavy atom. The molecule has 0 atom stereocenters. The fraction of sp³-hybridized carbons (Fsp3) is 0.120. The predicted octanol–water partition coefficient (Wildman–Crippen LogP) is 1.94. The minimum absolute atomic E-state index is 0.117. The number of carbonyl (C=O) groups excluding carboxylic acids is 2. The monoisotopic (exact) mass is 432 g/mol. The quantitative estimate of drug-likeness (QED) is 0.170. The van der Waals surface area contributed by atoms with Gasteiger partial charge in [0.25, 0.3) is 0 Å². The molecule has 0 aliphatic carbocycles. The predicted molar refractivity (Wildman–Crippen MR) is 122 cm³/mol. The molecule has 0 unspecified atom stereocenters. The summed E-state index contributed by atoms with van der Waals surface area (Å²) in [6.07, 6.45) is 2.20. The molecule has 0 fully saturated rings. The summed E-state index contributed by atoms with van der Waals surface area (Å²) < 4.78 is 16.1. The maximum Gasteiger partial charge on any atom is 0.350 e. The first-order valence-corrected chi connectivity index (χ1v) is 11.8. The van der Waals surface area contributed by atoms with Crippen molar-refractivity contribution in [1.29, 1.82) is 0 Å². The minimum Gasteiger partial charge on any atom is -0.502 e. The van der Waals surface area contributed by atoms with E-state index >= 15 is 0 Å². The molecule has 3 rings (SSSR count). The number of esters is 1. The highest BCUT2D eigenvalue weighted by Gasteiger charge is 2.44. The van der Waals surface area contributed by atoms with Crippen LogP contribution in [0.3, 0.4) is 0 Å². The molecule has 0 heterocycles. The van der Waals surface area contributed by atoms with E-state index in [-0.39, 0.29) is 13.2 Å². The van der Waals surface area contributed by atoms with Crippen LogP contribution in [0.1, 0.15) is 0 Å². The number of methoxy groups -OCH3 is 1. The first-order chi connectivity index (χ1) is 15.2. The second kappa shape index (κ2) is 11.1. The van der Waals surface area contributed by atoms with Crippen molar-refractivity contribution in [1.82, 2.24) is 0 Å². The molecule has 0 aromatic heterocycles. The standard InChI is InChI=1S/C25H24O5Si/c1-28-19-20-29-24(26)17-18-25(27)30-31(21-11-5-2-6-12-21,22-13-7-3-8-14-22)23-15-9-4-10-16-23/h2-18H,19-20H2,1H3/b18-17+. The van der Waals surface area contributed by atoms with Crippen LogP contribution in [-0.4, -0.2) is 40.6 Å². The fourth-order valence-electron chi connectivity index (χ4n) is 3.29. The lowest BCUT2D eigenvalue weighted by Crippen LogP contribution is -2.69. The van der Waals surface area contributed by atoms with E-state index in [2.05, 4.69) is 0 Å². The molecular formula is C25H24O5Si. The van der Waals surface area contributed by atoms with Gasteiger partial charge in [0.1, 0.15) is 6.61 Å². The Kier molecular flexibility index (Phi) is 7.92. The van der Waals surface area contributed by atoms with E-state index in [0.717, 1.165) is 27.7 Å². The average molecular weight is 433 g/mol. The van der Waals surface area contributed by atoms with Gasteiger partial charge in [0.2, 0.25) is 0 Å². The van der Waals surface area contributed by atoms with E-state index in [0.29, 0.717) is 0 Å². The van der Waals surface area contributed by atoms with Gasteiger partial charge in [-0.3, -0.25) is 0 Å². The largest absolute Gasteiger partial charge is 0.502 e. The molecule has 0 saturated carbocycles. The van der Waals surface area contributed by atoms with Crippen LogP contribution in [0.25, 0.3) is 0 Å². The van der Waals surface area contributed by atoms with Crippen LogP contribution in [0.2, 0.25) is 0 Å². The van der Waals surface area contributed by atoms with Gasteiger partial charge >= 0.3 is 20.3 Å². The Morgan fingerprint density at radius 1 is 0.677 bits per heavy atom. The molecular weight excluding hydrogens is 408 g/mol. The van der Waals surface area contributed by atoms with Crippen molar-refractivity contribution in [2.75, 3.05) is 20.3 Å². The molecule has 31 heavy (non-hydrogen) atoms. The zero-order valence-corrected chi connectivity index (χ0v) is 18.3. The number of hydrogen-bond donors (Lipinski definition) is 0. The topological polar surface area (TPSA) is 61.8 Å². The zero-order chi connectivity index (χ0) is 21.9. The van der Waals surface area contributed by atoms with Crippen LogP contribution in [0, 0.1) is 0 Å². The molecule has 5 nitrogen and oxygen atoms in total. The van der Waals surface area contributed by atoms with E-state index < -0.39 is 20.3 Å². The Morgan fingerprint density at radius 3 is 1.52 bits per heavy atom. The third-order valence-electron chi connectivity index (χ3n) is 4.68. The molecule has 0 amide bonds. The first kappa shape index (κ1) is 22.2. The smallest absolute Gasteiger partial charge is 0.350 e. The second-order valence-electron chi connectivity index (χ2n) is 6.69. The number of ether oxygens (including phenoxy) is 2. The van der Waals surface area contributed by atoms with Crippen LogP contribution in [0.4, 0.5) is 0 Å². The SMILES string of the molecule is COCCOC(=O)/C=C/C(=O)O[Si](c1ccccc1)(c1ccccc1)c1ccccc1. The summed E-state index contributed by atoms with van der Waals surface area (Å²) in [6.45, 7) is 0.404. The van der Waals surface area contributed by atoms with Crippen LogP contribution in [-0.2, 0) is 23.5 Å². The lowest BCUT2D eigenvalue weighted by atomic mass is 10.3. The average Bonchev–Trinajstić information content (AvgIpc) is 2.83. The summed E-state index contributed by atoms with van der Waals surface area (Å²) in [6, 6.07) is 29.2. The first-order valence-electron chi connectivity index (χ1n) is 9.90. The van der Waals surface area contributed by atoms with E-state index in [1.807, 2.05) is 91.0 Å². The van der Waals surface area contributed by atoms with Crippen molar-refractivity contribution in [3.05, 3.63) is 103 Å². The number of carbonyl (C=O) groups is 2. The van der Waals surface area contributed by atoms with Crippen molar-refractivity contribution < 1.29 is 23.5 Å². The molecule has 0 radical (unpaired) electrons. The normalized spacial score (nSPS) is 11.3. The third kappa shape index (κ3) is 5.57. The number of rotatable bonds is 9. The van der Waals surface area contributed by atoms with Crippen LogP contribution < -0.4 is 15.6 Å². The van der Waals surface area contributed by atoms with Gasteiger partial charge in [0.05, 0.1) is 6.61 Å². The van der Waals surface area contributed by atoms with Crippen LogP contribution in [0.5, 0.6) is 0 Å². The summed E-state index contributed by atoms with van der Waals surface area (Å²) in [4.78, 5) is 24.7. The van der Waals surface area contributed by atoms with Gasteiger partial charge in [-0.15, -0.1) is 0 Å². The third-order valence-corrected chi connectivity index (χ3v) is 8.63. The molecule has 0 aliphatic heterocycles. The molecule has 6 heteroatoms. The van der Waals surface area contributed by atoms with Crippen molar-refractivity contribution in [2.45, 2.75) is 0 Å². The van der Waals surface area contributed by atoms with Crippen molar-refractivity contribution in [3.8, 4) is 0 Å². The Hall–Kier alpha value is -3.48. The van der Waals surface area contributed by atoms with Gasteiger partial charge in [-0.2, -0.15) is 0 Å². The molecule has 0 aliphatic rings. The lowest BCUT2D eigenvalue weighted by Gasteiger charge is -2.32. The summed E-state index contributed by atoms with van der Waals surface area (Å²) in [5.41, 5.74) is 0. The second-order valence-corrected chi connectivity index (χ2v) is 9.99. The minimum atomic E-state index is -3.16. The van der Waals surface area contributed by atoms with Crippen LogP contribution >= 0.6 is 0 Å². The van der Waals surface area contributed by atoms with Crippen molar-refractivity contribution in [2.24, 2.45) is 0 Å². The summed E-state index contributed by atoms with van der Waals surface area (Å²) in [7, 11) is -1.65. The van der Waals surface area contributed by atoms with E-state index in [1.165, 1.54) is 7.11 Å². The van der Waals surface area contributed by atoms with Gasteiger partial charge < -0.3 is 13.9 Å². The number of hydrogen-bond acceptors (Lipinski definition) is 5. The Labute approximate surface area is 183 Å². The lowest BCUT2D eigenvalue weighted by molar-refractivity contribution is -0.139. The molecule has 3 aromatic rings. The maximum absolute atomic E-state index is 12.9. The highest BCUT2D eigenvalue weighted by molar-refractivity contribution is 7.07. The fourth-order valence-corrected chi connectivity index (χ4v) is 7.00. The highest BCUT2D eigenvalue weighted by Crippen LogP contribution is 2.10. The van der Waals surface area contributed by atoms with Gasteiger partial charge in [-0.05, 0) is 15.6 Å². The van der Waals surface area contributed by atoms with Crippen molar-refractivity contribution >= 4 is 35.8 Å². The maximum atomic E-state index is 12.9. The van der Waals surface area contributed by atoms with E-state index in [4.69, 9.17) is 13.9 Å². The van der Waals surface area contributed by atoms with Gasteiger partial charge in [0.15, 0.2) is 0 Å². The van der Waals surface area contributed by atoms with Crippen molar-refractivity contribution in [3.63, 3.8) is 0 Å². The summed E-state index contributed by atoms with van der Waals surface area (Å²) in [5.74, 6) is -1.23. The zero-order valence-electron chi connectivity index (χ0n) is 17.3. The molecule has 3 aromatic carbocycles. The molecule has 0 N–H and O–H groups in total. The Balaban J connectivity index is 2.00. The van der Waals surface area contributed by atoms with E-state index in [9.17, 15) is 9.59 Å². The molecule has 158 valence electrons. The van der Waals surface area contributed by atoms with Gasteiger partial charge in [0, 0.05) is 19.3 Å². The number of benzene rings is 3. The van der Waals surface area contributed by atoms with Gasteiger partial charge in [-0.1, -0.05) is 91.0 Å². The van der Waals surface area contributed by atoms with E-state index in [1.54, 1.807) is 0 Å².